The number of hydrogen-bond donors (Lipinski definition) is 1. The maximum atomic E-state index is 13.5. The zero-order chi connectivity index (χ0) is 14.5. The molecule has 0 aliphatic heterocycles. The fourth-order valence-electron chi connectivity index (χ4n) is 2.26. The number of nitrogens with one attached hydrogen (secondary N) is 1. The Labute approximate surface area is 120 Å². The van der Waals surface area contributed by atoms with Crippen LogP contribution < -0.4 is 10.2 Å². The third-order valence-corrected chi connectivity index (χ3v) is 3.36. The Morgan fingerprint density at radius 1 is 1.15 bits per heavy atom. The van der Waals surface area contributed by atoms with E-state index in [4.69, 9.17) is 0 Å². The van der Waals surface area contributed by atoms with Crippen LogP contribution in [-0.2, 0) is 6.54 Å². The molecular weight excluding hydrogens is 251 g/mol. The first kappa shape index (κ1) is 14.5. The van der Waals surface area contributed by atoms with Gasteiger partial charge in [-0.05, 0) is 54.9 Å². The third kappa shape index (κ3) is 3.36. The van der Waals surface area contributed by atoms with Gasteiger partial charge in [0.05, 0.1) is 0 Å². The lowest BCUT2D eigenvalue weighted by Crippen LogP contribution is -2.17. The Morgan fingerprint density at radius 2 is 1.95 bits per heavy atom. The van der Waals surface area contributed by atoms with E-state index in [2.05, 4.69) is 35.3 Å². The van der Waals surface area contributed by atoms with Gasteiger partial charge in [-0.1, -0.05) is 19.1 Å². The molecule has 0 aliphatic carbocycles. The van der Waals surface area contributed by atoms with E-state index in [0.29, 0.717) is 6.54 Å². The van der Waals surface area contributed by atoms with Crippen LogP contribution in [0.15, 0.2) is 42.5 Å². The van der Waals surface area contributed by atoms with E-state index in [0.717, 1.165) is 23.5 Å². The molecule has 0 amide bonds. The normalized spacial score (nSPS) is 10.6. The molecule has 0 atom stereocenters. The predicted octanol–water partition coefficient (Wildman–Crippen LogP) is 4.01. The summed E-state index contributed by atoms with van der Waals surface area (Å²) in [6, 6.07) is 13.2. The quantitative estimate of drug-likeness (QED) is 0.884. The van der Waals surface area contributed by atoms with Gasteiger partial charge < -0.3 is 10.2 Å². The molecule has 106 valence electrons. The molecule has 1 N–H and O–H groups in total. The summed E-state index contributed by atoms with van der Waals surface area (Å²) in [5.41, 5.74) is 4.31. The molecule has 0 aromatic heterocycles. The van der Waals surface area contributed by atoms with Crippen molar-refractivity contribution in [3.63, 3.8) is 0 Å². The van der Waals surface area contributed by atoms with Crippen LogP contribution in [-0.4, -0.2) is 13.6 Å². The highest BCUT2D eigenvalue weighted by Crippen LogP contribution is 2.28. The molecule has 2 aromatic rings. The smallest absolute Gasteiger partial charge is 0.123 e. The standard InChI is InChI=1S/C17H21FN2/c1-4-19-12-14-11-15(18)8-9-17(14)20(3)16-7-5-6-13(2)10-16/h5-11,19H,4,12H2,1-3H3. The van der Waals surface area contributed by atoms with E-state index in [1.807, 2.05) is 26.1 Å². The van der Waals surface area contributed by atoms with Gasteiger partial charge in [0.15, 0.2) is 0 Å². The highest BCUT2D eigenvalue weighted by molar-refractivity contribution is 5.66. The molecule has 0 unspecified atom stereocenters. The molecule has 0 spiro atoms. The molecule has 0 bridgehead atoms. The van der Waals surface area contributed by atoms with Gasteiger partial charge in [-0.25, -0.2) is 4.39 Å². The van der Waals surface area contributed by atoms with Crippen molar-refractivity contribution in [3.05, 3.63) is 59.4 Å². The molecule has 0 fully saturated rings. The lowest BCUT2D eigenvalue weighted by molar-refractivity contribution is 0.622. The Balaban J connectivity index is 2.35. The fourth-order valence-corrected chi connectivity index (χ4v) is 2.26. The van der Waals surface area contributed by atoms with Crippen molar-refractivity contribution in [1.29, 1.82) is 0 Å². The fraction of sp³-hybridized carbons (Fsp3) is 0.294. The van der Waals surface area contributed by atoms with Crippen molar-refractivity contribution in [2.75, 3.05) is 18.5 Å². The summed E-state index contributed by atoms with van der Waals surface area (Å²) in [5, 5.41) is 3.26. The zero-order valence-corrected chi connectivity index (χ0v) is 12.3. The van der Waals surface area contributed by atoms with E-state index in [1.54, 1.807) is 6.07 Å². The summed E-state index contributed by atoms with van der Waals surface area (Å²) in [6.45, 7) is 5.65. The monoisotopic (exact) mass is 272 g/mol. The molecular formula is C17H21FN2. The van der Waals surface area contributed by atoms with Crippen LogP contribution in [0.4, 0.5) is 15.8 Å². The average Bonchev–Trinajstić information content (AvgIpc) is 2.44. The van der Waals surface area contributed by atoms with Crippen LogP contribution in [0.25, 0.3) is 0 Å². The second-order valence-corrected chi connectivity index (χ2v) is 4.95. The van der Waals surface area contributed by atoms with Crippen LogP contribution in [0.3, 0.4) is 0 Å². The molecule has 0 radical (unpaired) electrons. The second-order valence-electron chi connectivity index (χ2n) is 4.95. The van der Waals surface area contributed by atoms with Crippen molar-refractivity contribution in [2.45, 2.75) is 20.4 Å². The number of halogens is 1. The minimum absolute atomic E-state index is 0.195. The van der Waals surface area contributed by atoms with Gasteiger partial charge in [0.1, 0.15) is 5.82 Å². The summed E-state index contributed by atoms with van der Waals surface area (Å²) in [7, 11) is 2.01. The third-order valence-electron chi connectivity index (χ3n) is 3.36. The van der Waals surface area contributed by atoms with Crippen LogP contribution in [0.1, 0.15) is 18.1 Å². The lowest BCUT2D eigenvalue weighted by atomic mass is 10.1. The zero-order valence-electron chi connectivity index (χ0n) is 12.3. The summed E-state index contributed by atoms with van der Waals surface area (Å²) >= 11 is 0. The second kappa shape index (κ2) is 6.53. The number of benzene rings is 2. The van der Waals surface area contributed by atoms with Gasteiger partial charge in [-0.3, -0.25) is 0 Å². The van der Waals surface area contributed by atoms with Crippen molar-refractivity contribution in [2.24, 2.45) is 0 Å². The van der Waals surface area contributed by atoms with Crippen LogP contribution in [0.2, 0.25) is 0 Å². The minimum atomic E-state index is -0.195. The first-order chi connectivity index (χ1) is 9.61. The number of anilines is 2. The van der Waals surface area contributed by atoms with E-state index in [-0.39, 0.29) is 5.82 Å². The Morgan fingerprint density at radius 3 is 2.65 bits per heavy atom. The summed E-state index contributed by atoms with van der Waals surface area (Å²) in [6.07, 6.45) is 0. The van der Waals surface area contributed by atoms with Crippen molar-refractivity contribution in [1.82, 2.24) is 5.32 Å². The Hall–Kier alpha value is -1.87. The summed E-state index contributed by atoms with van der Waals surface area (Å²) in [4.78, 5) is 2.10. The molecule has 3 heteroatoms. The summed E-state index contributed by atoms with van der Waals surface area (Å²) < 4.78 is 13.5. The SMILES string of the molecule is CCNCc1cc(F)ccc1N(C)c1cccc(C)c1. The van der Waals surface area contributed by atoms with Gasteiger partial charge in [0, 0.05) is 25.0 Å². The van der Waals surface area contributed by atoms with Crippen LogP contribution in [0.5, 0.6) is 0 Å². The van der Waals surface area contributed by atoms with E-state index in [1.165, 1.54) is 11.6 Å². The van der Waals surface area contributed by atoms with E-state index in [9.17, 15) is 4.39 Å². The van der Waals surface area contributed by atoms with Gasteiger partial charge in [0.2, 0.25) is 0 Å². The molecule has 2 rings (SSSR count). The highest BCUT2D eigenvalue weighted by atomic mass is 19.1. The topological polar surface area (TPSA) is 15.3 Å². The van der Waals surface area contributed by atoms with Gasteiger partial charge in [0.25, 0.3) is 0 Å². The first-order valence-corrected chi connectivity index (χ1v) is 6.91. The predicted molar refractivity (Wildman–Crippen MR) is 83.0 cm³/mol. The lowest BCUT2D eigenvalue weighted by Gasteiger charge is -2.23. The molecule has 0 saturated carbocycles. The number of hydrogen-bond acceptors (Lipinski definition) is 2. The molecule has 2 nitrogen and oxygen atoms in total. The summed E-state index contributed by atoms with van der Waals surface area (Å²) in [5.74, 6) is -0.195. The average molecular weight is 272 g/mol. The number of rotatable bonds is 5. The van der Waals surface area contributed by atoms with Crippen molar-refractivity contribution < 1.29 is 4.39 Å². The molecule has 2 aromatic carbocycles. The highest BCUT2D eigenvalue weighted by Gasteiger charge is 2.10. The maximum absolute atomic E-state index is 13.5. The van der Waals surface area contributed by atoms with Crippen molar-refractivity contribution in [3.8, 4) is 0 Å². The Kier molecular flexibility index (Phi) is 4.74. The molecule has 0 heterocycles. The van der Waals surface area contributed by atoms with Crippen LogP contribution in [0, 0.1) is 12.7 Å². The first-order valence-electron chi connectivity index (χ1n) is 6.91. The molecule has 0 aliphatic rings. The number of aryl methyl sites for hydroxylation is 1. The van der Waals surface area contributed by atoms with E-state index < -0.39 is 0 Å². The van der Waals surface area contributed by atoms with Gasteiger partial charge in [-0.15, -0.1) is 0 Å². The minimum Gasteiger partial charge on any atom is -0.344 e. The largest absolute Gasteiger partial charge is 0.344 e. The molecule has 0 saturated heterocycles. The molecule has 20 heavy (non-hydrogen) atoms. The van der Waals surface area contributed by atoms with E-state index >= 15 is 0 Å². The Bertz CT molecular complexity index is 581. The number of nitrogens with zero attached hydrogens (tertiary/aromatic N) is 1. The van der Waals surface area contributed by atoms with Crippen molar-refractivity contribution >= 4 is 11.4 Å². The van der Waals surface area contributed by atoms with Crippen LogP contribution >= 0.6 is 0 Å². The van der Waals surface area contributed by atoms with Gasteiger partial charge in [-0.2, -0.15) is 0 Å². The maximum Gasteiger partial charge on any atom is 0.123 e. The van der Waals surface area contributed by atoms with Gasteiger partial charge >= 0.3 is 0 Å².